The standard InChI is InChI=1S/C20H23BrN2O6S/c1-4-23(5-2)30(25,26)19-10-13(6-7-16(19)27-3)20(24)22-15-12-18-17(11-14(15)21)28-8-9-29-18/h6-7,10-12H,4-5,8-9H2,1-3H3,(H,22,24). The van der Waals surface area contributed by atoms with E-state index in [1.165, 1.54) is 29.6 Å². The van der Waals surface area contributed by atoms with Crippen molar-refractivity contribution in [2.24, 2.45) is 0 Å². The molecule has 0 atom stereocenters. The Labute approximate surface area is 184 Å². The molecule has 1 aliphatic rings. The van der Waals surface area contributed by atoms with Crippen LogP contribution in [0.4, 0.5) is 5.69 Å². The molecular weight excluding hydrogens is 476 g/mol. The van der Waals surface area contributed by atoms with Gasteiger partial charge in [0.2, 0.25) is 10.0 Å². The molecule has 0 saturated heterocycles. The summed E-state index contributed by atoms with van der Waals surface area (Å²) in [5.74, 6) is 0.826. The predicted octanol–water partition coefficient (Wildman–Crippen LogP) is 3.51. The van der Waals surface area contributed by atoms with Crippen LogP contribution in [0.5, 0.6) is 17.2 Å². The van der Waals surface area contributed by atoms with Crippen LogP contribution >= 0.6 is 15.9 Å². The number of methoxy groups -OCH3 is 1. The minimum atomic E-state index is -3.81. The predicted molar refractivity (Wildman–Crippen MR) is 116 cm³/mol. The van der Waals surface area contributed by atoms with Crippen molar-refractivity contribution in [3.63, 3.8) is 0 Å². The topological polar surface area (TPSA) is 94.2 Å². The molecule has 1 aliphatic heterocycles. The maximum atomic E-state index is 13.0. The normalized spacial score (nSPS) is 13.2. The molecule has 30 heavy (non-hydrogen) atoms. The number of nitrogens with one attached hydrogen (secondary N) is 1. The van der Waals surface area contributed by atoms with E-state index in [0.717, 1.165) is 0 Å². The zero-order chi connectivity index (χ0) is 21.9. The third-order valence-electron chi connectivity index (χ3n) is 4.63. The summed E-state index contributed by atoms with van der Waals surface area (Å²) in [5.41, 5.74) is 0.663. The molecule has 3 rings (SSSR count). The van der Waals surface area contributed by atoms with Gasteiger partial charge in [0.25, 0.3) is 5.91 Å². The Bertz CT molecular complexity index is 1050. The summed E-state index contributed by atoms with van der Waals surface area (Å²) in [6.45, 7) is 5.01. The largest absolute Gasteiger partial charge is 0.495 e. The summed E-state index contributed by atoms with van der Waals surface area (Å²) in [6, 6.07) is 7.70. The molecule has 0 spiro atoms. The monoisotopic (exact) mass is 498 g/mol. The van der Waals surface area contributed by atoms with Crippen LogP contribution in [0.25, 0.3) is 0 Å². The molecule has 2 aromatic carbocycles. The Morgan fingerprint density at radius 2 is 1.77 bits per heavy atom. The quantitative estimate of drug-likeness (QED) is 0.627. The summed E-state index contributed by atoms with van der Waals surface area (Å²) in [5, 5.41) is 2.78. The van der Waals surface area contributed by atoms with Gasteiger partial charge >= 0.3 is 0 Å². The Kier molecular flexibility index (Phi) is 6.89. The number of anilines is 1. The van der Waals surface area contributed by atoms with Gasteiger partial charge in [0.15, 0.2) is 11.5 Å². The van der Waals surface area contributed by atoms with Crippen molar-refractivity contribution in [1.29, 1.82) is 0 Å². The number of hydrogen-bond donors (Lipinski definition) is 1. The molecule has 0 radical (unpaired) electrons. The fourth-order valence-electron chi connectivity index (χ4n) is 3.08. The zero-order valence-electron chi connectivity index (χ0n) is 16.9. The van der Waals surface area contributed by atoms with Gasteiger partial charge in [-0.15, -0.1) is 0 Å². The summed E-state index contributed by atoms with van der Waals surface area (Å²) in [7, 11) is -2.42. The van der Waals surface area contributed by atoms with E-state index >= 15 is 0 Å². The highest BCUT2D eigenvalue weighted by Crippen LogP contribution is 2.38. The van der Waals surface area contributed by atoms with Gasteiger partial charge < -0.3 is 19.5 Å². The van der Waals surface area contributed by atoms with E-state index in [1.807, 2.05) is 0 Å². The summed E-state index contributed by atoms with van der Waals surface area (Å²) >= 11 is 3.41. The second-order valence-corrected chi connectivity index (χ2v) is 9.15. The maximum Gasteiger partial charge on any atom is 0.255 e. The van der Waals surface area contributed by atoms with Crippen molar-refractivity contribution in [3.05, 3.63) is 40.4 Å². The third-order valence-corrected chi connectivity index (χ3v) is 7.36. The fourth-order valence-corrected chi connectivity index (χ4v) is 5.14. The number of carbonyl (C=O) groups is 1. The Morgan fingerprint density at radius 1 is 1.13 bits per heavy atom. The molecule has 0 unspecified atom stereocenters. The number of benzene rings is 2. The van der Waals surface area contributed by atoms with Gasteiger partial charge in [0, 0.05) is 35.3 Å². The third kappa shape index (κ3) is 4.40. The van der Waals surface area contributed by atoms with Crippen molar-refractivity contribution in [1.82, 2.24) is 4.31 Å². The number of fused-ring (bicyclic) bond motifs is 1. The first kappa shape index (κ1) is 22.4. The molecule has 0 aliphatic carbocycles. The number of halogens is 1. The lowest BCUT2D eigenvalue weighted by atomic mass is 10.2. The molecule has 162 valence electrons. The van der Waals surface area contributed by atoms with Crippen molar-refractivity contribution in [2.45, 2.75) is 18.7 Å². The van der Waals surface area contributed by atoms with Gasteiger partial charge in [-0.2, -0.15) is 4.31 Å². The lowest BCUT2D eigenvalue weighted by Crippen LogP contribution is -2.31. The second-order valence-electron chi connectivity index (χ2n) is 6.38. The van der Waals surface area contributed by atoms with Gasteiger partial charge in [-0.3, -0.25) is 4.79 Å². The van der Waals surface area contributed by atoms with Crippen molar-refractivity contribution in [3.8, 4) is 17.2 Å². The van der Waals surface area contributed by atoms with E-state index in [4.69, 9.17) is 14.2 Å². The average molecular weight is 499 g/mol. The minimum absolute atomic E-state index is 0.0532. The van der Waals surface area contributed by atoms with Gasteiger partial charge in [0.05, 0.1) is 12.8 Å². The first-order chi connectivity index (χ1) is 14.3. The van der Waals surface area contributed by atoms with Gasteiger partial charge in [-0.1, -0.05) is 13.8 Å². The zero-order valence-corrected chi connectivity index (χ0v) is 19.3. The molecule has 0 bridgehead atoms. The van der Waals surface area contributed by atoms with E-state index in [-0.39, 0.29) is 16.2 Å². The fraction of sp³-hybridized carbons (Fsp3) is 0.350. The Morgan fingerprint density at radius 3 is 2.37 bits per heavy atom. The Balaban J connectivity index is 1.94. The Hall–Kier alpha value is -2.30. The van der Waals surface area contributed by atoms with Crippen molar-refractivity contribution < 1.29 is 27.4 Å². The highest BCUT2D eigenvalue weighted by Gasteiger charge is 2.27. The first-order valence-corrected chi connectivity index (χ1v) is 11.6. The summed E-state index contributed by atoms with van der Waals surface area (Å²) in [4.78, 5) is 12.8. The first-order valence-electron chi connectivity index (χ1n) is 9.40. The van der Waals surface area contributed by atoms with Crippen LogP contribution in [0.1, 0.15) is 24.2 Å². The highest BCUT2D eigenvalue weighted by molar-refractivity contribution is 9.10. The number of nitrogens with zero attached hydrogens (tertiary/aromatic N) is 1. The number of carbonyl (C=O) groups excluding carboxylic acids is 1. The van der Waals surface area contributed by atoms with Crippen LogP contribution in [-0.4, -0.2) is 52.0 Å². The van der Waals surface area contributed by atoms with Crippen LogP contribution in [0.15, 0.2) is 39.7 Å². The lowest BCUT2D eigenvalue weighted by molar-refractivity contribution is 0.102. The number of sulfonamides is 1. The van der Waals surface area contributed by atoms with Crippen LogP contribution < -0.4 is 19.5 Å². The SMILES string of the molecule is CCN(CC)S(=O)(=O)c1cc(C(=O)Nc2cc3c(cc2Br)OCCO3)ccc1OC. The number of ether oxygens (including phenoxy) is 3. The number of rotatable bonds is 7. The van der Waals surface area contributed by atoms with E-state index in [9.17, 15) is 13.2 Å². The van der Waals surface area contributed by atoms with Crippen LogP contribution in [0.3, 0.4) is 0 Å². The molecule has 1 amide bonds. The lowest BCUT2D eigenvalue weighted by Gasteiger charge is -2.21. The number of hydrogen-bond acceptors (Lipinski definition) is 6. The van der Waals surface area contributed by atoms with Crippen LogP contribution in [0.2, 0.25) is 0 Å². The molecular formula is C20H23BrN2O6S. The molecule has 0 aromatic heterocycles. The van der Waals surface area contributed by atoms with E-state index in [0.29, 0.717) is 48.0 Å². The van der Waals surface area contributed by atoms with Gasteiger partial charge in [0.1, 0.15) is 23.9 Å². The van der Waals surface area contributed by atoms with Crippen LogP contribution in [0, 0.1) is 0 Å². The smallest absolute Gasteiger partial charge is 0.255 e. The van der Waals surface area contributed by atoms with Gasteiger partial charge in [-0.05, 0) is 34.1 Å². The van der Waals surface area contributed by atoms with E-state index < -0.39 is 15.9 Å². The highest BCUT2D eigenvalue weighted by atomic mass is 79.9. The molecule has 0 saturated carbocycles. The second kappa shape index (κ2) is 9.23. The molecule has 1 N–H and O–H groups in total. The maximum absolute atomic E-state index is 13.0. The van der Waals surface area contributed by atoms with Crippen molar-refractivity contribution >= 4 is 37.5 Å². The van der Waals surface area contributed by atoms with Crippen molar-refractivity contribution in [2.75, 3.05) is 38.7 Å². The minimum Gasteiger partial charge on any atom is -0.495 e. The molecule has 10 heteroatoms. The summed E-state index contributed by atoms with van der Waals surface area (Å²) in [6.07, 6.45) is 0. The van der Waals surface area contributed by atoms with Crippen LogP contribution in [-0.2, 0) is 10.0 Å². The van der Waals surface area contributed by atoms with Gasteiger partial charge in [-0.25, -0.2) is 8.42 Å². The van der Waals surface area contributed by atoms with E-state index in [2.05, 4.69) is 21.2 Å². The molecule has 8 nitrogen and oxygen atoms in total. The van der Waals surface area contributed by atoms with E-state index in [1.54, 1.807) is 26.0 Å². The molecule has 0 fully saturated rings. The average Bonchev–Trinajstić information content (AvgIpc) is 2.74. The summed E-state index contributed by atoms with van der Waals surface area (Å²) < 4.78 is 44.2. The molecule has 1 heterocycles. The molecule has 2 aromatic rings. The number of amides is 1.